The number of alkyl halides is 3. The van der Waals surface area contributed by atoms with Crippen molar-refractivity contribution in [2.24, 2.45) is 0 Å². The third kappa shape index (κ3) is 6.03. The topological polar surface area (TPSA) is 67.4 Å². The van der Waals surface area contributed by atoms with Crippen LogP contribution in [0.2, 0.25) is 0 Å². The first kappa shape index (κ1) is 22.9. The Morgan fingerprint density at radius 3 is 2.07 bits per heavy atom. The van der Waals surface area contributed by atoms with Gasteiger partial charge in [0.1, 0.15) is 5.75 Å². The summed E-state index contributed by atoms with van der Waals surface area (Å²) < 4.78 is 70.2. The number of hydrogen-bond donors (Lipinski definition) is 2. The van der Waals surface area contributed by atoms with E-state index in [1.807, 2.05) is 0 Å². The second-order valence-corrected chi connectivity index (χ2v) is 9.85. The van der Waals surface area contributed by atoms with E-state index in [1.165, 1.54) is 12.1 Å². The molecule has 0 amide bonds. The number of anilines is 2. The number of hydrogen-bond acceptors (Lipinski definition) is 4. The molecule has 0 saturated carbocycles. The number of halogens is 3. The molecule has 2 aromatic carbocycles. The predicted octanol–water partition coefficient (Wildman–Crippen LogP) is 5.26. The van der Waals surface area contributed by atoms with E-state index in [9.17, 15) is 21.6 Å². The van der Waals surface area contributed by atoms with Gasteiger partial charge in [-0.1, -0.05) is 12.1 Å². The maximum absolute atomic E-state index is 13.0. The molecule has 2 aromatic rings. The molecule has 5 nitrogen and oxygen atoms in total. The Hall–Kier alpha value is -2.42. The molecule has 0 spiro atoms. The van der Waals surface area contributed by atoms with E-state index in [0.717, 1.165) is 11.6 Å². The number of ether oxygens (including phenoxy) is 1. The SMILES string of the molecule is CCOc1cc(NCc2ccc(NS(=O)(=O)C(C)(C)C)cc2)ccc1C(F)(F)F. The Balaban J connectivity index is 2.08. The molecular weight excluding hydrogens is 405 g/mol. The second-order valence-electron chi connectivity index (χ2n) is 7.41. The van der Waals surface area contributed by atoms with Gasteiger partial charge in [-0.25, -0.2) is 8.42 Å². The first-order valence-corrected chi connectivity index (χ1v) is 10.5. The molecule has 0 saturated heterocycles. The summed E-state index contributed by atoms with van der Waals surface area (Å²) in [4.78, 5) is 0. The Labute approximate surface area is 169 Å². The third-order valence-electron chi connectivity index (χ3n) is 4.10. The van der Waals surface area contributed by atoms with Gasteiger partial charge in [-0.05, 0) is 57.5 Å². The number of sulfonamides is 1. The molecule has 0 aliphatic heterocycles. The highest BCUT2D eigenvalue weighted by Gasteiger charge is 2.34. The van der Waals surface area contributed by atoms with Gasteiger partial charge < -0.3 is 10.1 Å². The summed E-state index contributed by atoms with van der Waals surface area (Å²) in [7, 11) is -3.52. The minimum absolute atomic E-state index is 0.123. The van der Waals surface area contributed by atoms with Crippen molar-refractivity contribution in [3.05, 3.63) is 53.6 Å². The number of benzene rings is 2. The lowest BCUT2D eigenvalue weighted by molar-refractivity contribution is -0.138. The van der Waals surface area contributed by atoms with Crippen molar-refractivity contribution < 1.29 is 26.3 Å². The minimum atomic E-state index is -4.49. The van der Waals surface area contributed by atoms with E-state index >= 15 is 0 Å². The van der Waals surface area contributed by atoms with Gasteiger partial charge in [-0.3, -0.25) is 4.72 Å². The predicted molar refractivity (Wildman–Crippen MR) is 109 cm³/mol. The lowest BCUT2D eigenvalue weighted by Gasteiger charge is -2.20. The van der Waals surface area contributed by atoms with Crippen molar-refractivity contribution in [3.63, 3.8) is 0 Å². The van der Waals surface area contributed by atoms with Gasteiger partial charge in [0.05, 0.1) is 16.9 Å². The molecule has 0 radical (unpaired) electrons. The van der Waals surface area contributed by atoms with Crippen LogP contribution in [0.15, 0.2) is 42.5 Å². The van der Waals surface area contributed by atoms with Gasteiger partial charge in [-0.15, -0.1) is 0 Å². The van der Waals surface area contributed by atoms with Gasteiger partial charge in [0, 0.05) is 24.0 Å². The standard InChI is InChI=1S/C20H25F3N2O3S/c1-5-28-18-12-16(10-11-17(18)20(21,22)23)24-13-14-6-8-15(9-7-14)25-29(26,27)19(2,3)4/h6-12,24-25H,5,13H2,1-4H3. The van der Waals surface area contributed by atoms with E-state index in [4.69, 9.17) is 4.74 Å². The van der Waals surface area contributed by atoms with E-state index in [1.54, 1.807) is 52.0 Å². The highest BCUT2D eigenvalue weighted by Crippen LogP contribution is 2.37. The van der Waals surface area contributed by atoms with Gasteiger partial charge in [0.25, 0.3) is 0 Å². The van der Waals surface area contributed by atoms with Crippen LogP contribution in [0.4, 0.5) is 24.5 Å². The lowest BCUT2D eigenvalue weighted by atomic mass is 10.1. The quantitative estimate of drug-likeness (QED) is 0.629. The zero-order chi connectivity index (χ0) is 21.9. The largest absolute Gasteiger partial charge is 0.493 e. The molecule has 0 aliphatic carbocycles. The van der Waals surface area contributed by atoms with Gasteiger partial charge >= 0.3 is 6.18 Å². The van der Waals surface area contributed by atoms with Crippen LogP contribution in [0.1, 0.15) is 38.8 Å². The molecule has 0 heterocycles. The van der Waals surface area contributed by atoms with Gasteiger partial charge in [0.2, 0.25) is 10.0 Å². The summed E-state index contributed by atoms with van der Waals surface area (Å²) in [6.45, 7) is 6.91. The fraction of sp³-hybridized carbons (Fsp3) is 0.400. The molecule has 0 fully saturated rings. The van der Waals surface area contributed by atoms with E-state index in [2.05, 4.69) is 10.0 Å². The Bertz CT molecular complexity index is 935. The molecule has 0 aromatic heterocycles. The summed E-state index contributed by atoms with van der Waals surface area (Å²) in [5, 5.41) is 3.04. The monoisotopic (exact) mass is 430 g/mol. The smallest absolute Gasteiger partial charge is 0.419 e. The van der Waals surface area contributed by atoms with E-state index < -0.39 is 26.5 Å². The maximum atomic E-state index is 13.0. The van der Waals surface area contributed by atoms with Crippen LogP contribution in [0, 0.1) is 0 Å². The highest BCUT2D eigenvalue weighted by atomic mass is 32.2. The molecule has 0 aliphatic rings. The van der Waals surface area contributed by atoms with Crippen LogP contribution in [0.3, 0.4) is 0 Å². The van der Waals surface area contributed by atoms with Crippen LogP contribution >= 0.6 is 0 Å². The van der Waals surface area contributed by atoms with E-state index in [-0.39, 0.29) is 12.4 Å². The average molecular weight is 430 g/mol. The molecule has 2 N–H and O–H groups in total. The van der Waals surface area contributed by atoms with Crippen molar-refractivity contribution in [2.75, 3.05) is 16.6 Å². The fourth-order valence-corrected chi connectivity index (χ4v) is 3.10. The molecule has 9 heteroatoms. The van der Waals surface area contributed by atoms with Crippen molar-refractivity contribution in [1.29, 1.82) is 0 Å². The first-order chi connectivity index (χ1) is 13.3. The summed E-state index contributed by atoms with van der Waals surface area (Å²) in [5.74, 6) is -0.225. The van der Waals surface area contributed by atoms with Crippen LogP contribution in [-0.4, -0.2) is 19.8 Å². The van der Waals surface area contributed by atoms with Crippen molar-refractivity contribution >= 4 is 21.4 Å². The van der Waals surface area contributed by atoms with Gasteiger partial charge in [0.15, 0.2) is 0 Å². The molecule has 2 rings (SSSR count). The Morgan fingerprint density at radius 1 is 0.966 bits per heavy atom. The number of nitrogens with one attached hydrogen (secondary N) is 2. The highest BCUT2D eigenvalue weighted by molar-refractivity contribution is 7.94. The van der Waals surface area contributed by atoms with E-state index in [0.29, 0.717) is 17.9 Å². The Morgan fingerprint density at radius 2 is 1.55 bits per heavy atom. The molecule has 29 heavy (non-hydrogen) atoms. The van der Waals surface area contributed by atoms with Crippen molar-refractivity contribution in [1.82, 2.24) is 0 Å². The third-order valence-corrected chi connectivity index (χ3v) is 6.21. The summed E-state index contributed by atoms with van der Waals surface area (Å²) >= 11 is 0. The fourth-order valence-electron chi connectivity index (χ4n) is 2.34. The zero-order valence-corrected chi connectivity index (χ0v) is 17.5. The van der Waals surface area contributed by atoms with Crippen LogP contribution in [0.5, 0.6) is 5.75 Å². The molecule has 0 atom stereocenters. The Kier molecular flexibility index (Phi) is 6.72. The molecule has 160 valence electrons. The van der Waals surface area contributed by atoms with Crippen LogP contribution in [0.25, 0.3) is 0 Å². The lowest BCUT2D eigenvalue weighted by Crippen LogP contribution is -2.33. The zero-order valence-electron chi connectivity index (χ0n) is 16.7. The molecule has 0 unspecified atom stereocenters. The second kappa shape index (κ2) is 8.52. The van der Waals surface area contributed by atoms with Crippen LogP contribution in [-0.2, 0) is 22.7 Å². The normalized spacial score (nSPS) is 12.5. The maximum Gasteiger partial charge on any atom is 0.419 e. The van der Waals surface area contributed by atoms with Crippen LogP contribution < -0.4 is 14.8 Å². The summed E-state index contributed by atoms with van der Waals surface area (Å²) in [6.07, 6.45) is -4.49. The molecule has 0 bridgehead atoms. The van der Waals surface area contributed by atoms with Crippen molar-refractivity contribution in [3.8, 4) is 5.75 Å². The first-order valence-electron chi connectivity index (χ1n) is 9.02. The summed E-state index contributed by atoms with van der Waals surface area (Å²) in [6, 6.07) is 10.4. The summed E-state index contributed by atoms with van der Waals surface area (Å²) in [5.41, 5.74) is 0.942. The average Bonchev–Trinajstić information content (AvgIpc) is 2.59. The number of rotatable bonds is 7. The van der Waals surface area contributed by atoms with Gasteiger partial charge in [-0.2, -0.15) is 13.2 Å². The minimum Gasteiger partial charge on any atom is -0.493 e. The molecular formula is C20H25F3N2O3S. The van der Waals surface area contributed by atoms with Crippen molar-refractivity contribution in [2.45, 2.75) is 45.2 Å².